The van der Waals surface area contributed by atoms with Gasteiger partial charge in [-0.05, 0) is 43.4 Å². The molecule has 7 nitrogen and oxygen atoms in total. The van der Waals surface area contributed by atoms with Crippen LogP contribution in [-0.4, -0.2) is 45.4 Å². The predicted molar refractivity (Wildman–Crippen MR) is 108 cm³/mol. The van der Waals surface area contributed by atoms with Crippen LogP contribution in [0.25, 0.3) is 0 Å². The first-order valence-electron chi connectivity index (χ1n) is 10.1. The number of ether oxygens (including phenoxy) is 1. The molecule has 28 heavy (non-hydrogen) atoms. The first-order chi connectivity index (χ1) is 13.4. The Morgan fingerprint density at radius 1 is 1.21 bits per heavy atom. The van der Waals surface area contributed by atoms with Gasteiger partial charge in [-0.2, -0.15) is 0 Å². The van der Waals surface area contributed by atoms with E-state index in [-0.39, 0.29) is 12.1 Å². The Labute approximate surface area is 167 Å². The quantitative estimate of drug-likeness (QED) is 0.826. The molecule has 0 radical (unpaired) electrons. The highest BCUT2D eigenvalue weighted by atomic mass is 16.5. The zero-order valence-corrected chi connectivity index (χ0v) is 17.3. The summed E-state index contributed by atoms with van der Waals surface area (Å²) in [7, 11) is 1.97. The van der Waals surface area contributed by atoms with Gasteiger partial charge in [-0.15, -0.1) is 10.2 Å². The highest BCUT2D eigenvalue weighted by Crippen LogP contribution is 2.26. The van der Waals surface area contributed by atoms with Crippen molar-refractivity contribution >= 4 is 6.03 Å². The van der Waals surface area contributed by atoms with Crippen LogP contribution in [0.2, 0.25) is 0 Å². The molecule has 1 aromatic heterocycles. The van der Waals surface area contributed by atoms with Gasteiger partial charge in [0, 0.05) is 26.1 Å². The summed E-state index contributed by atoms with van der Waals surface area (Å²) in [5, 5.41) is 11.3. The van der Waals surface area contributed by atoms with Gasteiger partial charge < -0.3 is 19.5 Å². The van der Waals surface area contributed by atoms with Gasteiger partial charge in [0.1, 0.15) is 17.9 Å². The third-order valence-electron chi connectivity index (χ3n) is 5.20. The second-order valence-electron chi connectivity index (χ2n) is 8.01. The zero-order chi connectivity index (χ0) is 20.1. The number of aromatic nitrogens is 3. The first kappa shape index (κ1) is 20.2. The fraction of sp³-hybridized carbons (Fsp3) is 0.571. The molecule has 1 saturated heterocycles. The van der Waals surface area contributed by atoms with Crippen molar-refractivity contribution in [1.29, 1.82) is 0 Å². The lowest BCUT2D eigenvalue weighted by atomic mass is 9.96. The Morgan fingerprint density at radius 2 is 1.89 bits per heavy atom. The van der Waals surface area contributed by atoms with Gasteiger partial charge in [0.2, 0.25) is 0 Å². The topological polar surface area (TPSA) is 72.3 Å². The minimum absolute atomic E-state index is 0.0101. The van der Waals surface area contributed by atoms with Gasteiger partial charge in [0.25, 0.3) is 0 Å². The summed E-state index contributed by atoms with van der Waals surface area (Å²) >= 11 is 0. The molecule has 2 heterocycles. The highest BCUT2D eigenvalue weighted by molar-refractivity contribution is 5.74. The molecule has 0 spiro atoms. The van der Waals surface area contributed by atoms with Crippen molar-refractivity contribution in [2.45, 2.75) is 45.6 Å². The summed E-state index contributed by atoms with van der Waals surface area (Å²) in [5.41, 5.74) is 1.07. The lowest BCUT2D eigenvalue weighted by molar-refractivity contribution is 0.177. The number of aryl methyl sites for hydroxylation is 1. The lowest BCUT2D eigenvalue weighted by Crippen LogP contribution is -2.45. The molecule has 2 aromatic rings. The second-order valence-corrected chi connectivity index (χ2v) is 8.01. The summed E-state index contributed by atoms with van der Waals surface area (Å²) in [4.78, 5) is 14.5. The molecular weight excluding hydrogens is 354 g/mol. The van der Waals surface area contributed by atoms with E-state index in [0.717, 1.165) is 43.1 Å². The minimum atomic E-state index is -0.0527. The molecule has 2 amide bonds. The average Bonchev–Trinajstić information content (AvgIpc) is 3.12. The molecule has 0 saturated carbocycles. The van der Waals surface area contributed by atoms with E-state index in [2.05, 4.69) is 29.4 Å². The van der Waals surface area contributed by atoms with E-state index < -0.39 is 0 Å². The number of hydrogen-bond donors (Lipinski definition) is 1. The summed E-state index contributed by atoms with van der Waals surface area (Å²) in [6, 6.07) is 7.90. The molecule has 152 valence electrons. The molecule has 7 heteroatoms. The second kappa shape index (κ2) is 9.08. The first-order valence-corrected chi connectivity index (χ1v) is 10.1. The van der Waals surface area contributed by atoms with E-state index in [1.807, 2.05) is 47.7 Å². The van der Waals surface area contributed by atoms with Crippen molar-refractivity contribution in [3.63, 3.8) is 0 Å². The normalized spacial score (nSPS) is 16.2. The molecule has 1 fully saturated rings. The van der Waals surface area contributed by atoms with E-state index in [4.69, 9.17) is 4.74 Å². The number of benzene rings is 1. The van der Waals surface area contributed by atoms with Gasteiger partial charge in [-0.1, -0.05) is 26.0 Å². The number of carbonyl (C=O) groups is 1. The number of likely N-dealkylation sites (tertiary alicyclic amines) is 1. The molecule has 0 aliphatic carbocycles. The van der Waals surface area contributed by atoms with Gasteiger partial charge in [0.15, 0.2) is 0 Å². The Hall–Kier alpha value is -2.57. The SMILES string of the molecule is CC(C)COc1ccc(C(C)NC(=O)N2CCC(c3nncn3C)CC2)cc1. The molecule has 1 atom stereocenters. The standard InChI is InChI=1S/C21H31N5O2/c1-15(2)13-28-19-7-5-17(6-8-19)16(3)23-21(27)26-11-9-18(10-12-26)20-24-22-14-25(20)4/h5-8,14-16,18H,9-13H2,1-4H3,(H,23,27). The smallest absolute Gasteiger partial charge is 0.317 e. The fourth-order valence-corrected chi connectivity index (χ4v) is 3.48. The Morgan fingerprint density at radius 3 is 2.46 bits per heavy atom. The number of carbonyl (C=O) groups excluding carboxylic acids is 1. The highest BCUT2D eigenvalue weighted by Gasteiger charge is 2.27. The number of piperidine rings is 1. The summed E-state index contributed by atoms with van der Waals surface area (Å²) in [6.45, 7) is 8.43. The van der Waals surface area contributed by atoms with Crippen LogP contribution in [0.3, 0.4) is 0 Å². The maximum atomic E-state index is 12.6. The number of urea groups is 1. The molecule has 1 aliphatic heterocycles. The van der Waals surface area contributed by atoms with Gasteiger partial charge in [0.05, 0.1) is 12.6 Å². The molecule has 3 rings (SSSR count). The van der Waals surface area contributed by atoms with Crippen LogP contribution in [0.4, 0.5) is 4.79 Å². The van der Waals surface area contributed by atoms with Crippen LogP contribution in [-0.2, 0) is 7.05 Å². The minimum Gasteiger partial charge on any atom is -0.493 e. The number of hydrogen-bond acceptors (Lipinski definition) is 4. The van der Waals surface area contributed by atoms with Crippen molar-refractivity contribution < 1.29 is 9.53 Å². The van der Waals surface area contributed by atoms with E-state index >= 15 is 0 Å². The molecule has 1 aromatic carbocycles. The predicted octanol–water partition coefficient (Wildman–Crippen LogP) is 3.50. The van der Waals surface area contributed by atoms with E-state index in [1.54, 1.807) is 6.33 Å². The molecule has 1 unspecified atom stereocenters. The maximum absolute atomic E-state index is 12.6. The van der Waals surface area contributed by atoms with Crippen molar-refractivity contribution in [2.75, 3.05) is 19.7 Å². The third kappa shape index (κ3) is 5.03. The zero-order valence-electron chi connectivity index (χ0n) is 17.3. The van der Waals surface area contributed by atoms with Gasteiger partial charge >= 0.3 is 6.03 Å². The average molecular weight is 386 g/mol. The third-order valence-corrected chi connectivity index (χ3v) is 5.20. The number of nitrogens with one attached hydrogen (secondary N) is 1. The lowest BCUT2D eigenvalue weighted by Gasteiger charge is -2.32. The largest absolute Gasteiger partial charge is 0.493 e. The summed E-state index contributed by atoms with van der Waals surface area (Å²) in [5.74, 6) is 2.73. The van der Waals surface area contributed by atoms with Crippen molar-refractivity contribution in [3.8, 4) is 5.75 Å². The maximum Gasteiger partial charge on any atom is 0.317 e. The van der Waals surface area contributed by atoms with Crippen LogP contribution >= 0.6 is 0 Å². The Kier molecular flexibility index (Phi) is 6.54. The Bertz CT molecular complexity index is 763. The number of nitrogens with zero attached hydrogens (tertiary/aromatic N) is 4. The van der Waals surface area contributed by atoms with Crippen molar-refractivity contribution in [3.05, 3.63) is 42.0 Å². The number of amides is 2. The van der Waals surface area contributed by atoms with Gasteiger partial charge in [-0.3, -0.25) is 0 Å². The Balaban J connectivity index is 1.48. The van der Waals surface area contributed by atoms with Crippen molar-refractivity contribution in [1.82, 2.24) is 25.0 Å². The van der Waals surface area contributed by atoms with Crippen LogP contribution < -0.4 is 10.1 Å². The fourth-order valence-electron chi connectivity index (χ4n) is 3.48. The van der Waals surface area contributed by atoms with Crippen LogP contribution in [0, 0.1) is 5.92 Å². The molecule has 1 N–H and O–H groups in total. The monoisotopic (exact) mass is 385 g/mol. The van der Waals surface area contributed by atoms with Crippen LogP contribution in [0.1, 0.15) is 57.0 Å². The summed E-state index contributed by atoms with van der Waals surface area (Å²) in [6.07, 6.45) is 3.56. The van der Waals surface area contributed by atoms with Crippen molar-refractivity contribution in [2.24, 2.45) is 13.0 Å². The van der Waals surface area contributed by atoms with E-state index in [9.17, 15) is 4.79 Å². The molecule has 0 bridgehead atoms. The molecular formula is C21H31N5O2. The van der Waals surface area contributed by atoms with Gasteiger partial charge in [-0.25, -0.2) is 4.79 Å². The van der Waals surface area contributed by atoms with Crippen LogP contribution in [0.15, 0.2) is 30.6 Å². The number of rotatable bonds is 6. The van der Waals surface area contributed by atoms with E-state index in [0.29, 0.717) is 18.4 Å². The van der Waals surface area contributed by atoms with Crippen LogP contribution in [0.5, 0.6) is 5.75 Å². The summed E-state index contributed by atoms with van der Waals surface area (Å²) < 4.78 is 7.69. The van der Waals surface area contributed by atoms with E-state index in [1.165, 1.54) is 0 Å². The molecule has 1 aliphatic rings.